The first-order chi connectivity index (χ1) is 5.83. The number of nitrogens with zero attached hydrogens (tertiary/aromatic N) is 1. The number of anilines is 1. The third kappa shape index (κ3) is 0.845. The molecule has 3 N–H and O–H groups in total. The van der Waals surface area contributed by atoms with Gasteiger partial charge in [-0.25, -0.2) is 0 Å². The number of nitrogens with two attached hydrogens (primary N) is 1. The average molecular weight is 165 g/mol. The van der Waals surface area contributed by atoms with Crippen molar-refractivity contribution in [2.24, 2.45) is 0 Å². The summed E-state index contributed by atoms with van der Waals surface area (Å²) in [5.41, 5.74) is 7.38. The van der Waals surface area contributed by atoms with Crippen molar-refractivity contribution in [2.45, 2.75) is 6.92 Å². The minimum atomic E-state index is 0.627. The SMILES string of the molecule is CCOn1cc(N)c2cc[nH]c21. The van der Waals surface area contributed by atoms with Gasteiger partial charge < -0.3 is 15.6 Å². The number of fused-ring (bicyclic) bond motifs is 1. The first-order valence-corrected chi connectivity index (χ1v) is 3.90. The van der Waals surface area contributed by atoms with Gasteiger partial charge in [0.1, 0.15) is 6.61 Å². The third-order valence-corrected chi connectivity index (χ3v) is 1.78. The largest absolute Gasteiger partial charge is 0.413 e. The maximum atomic E-state index is 5.73. The van der Waals surface area contributed by atoms with Gasteiger partial charge in [-0.2, -0.15) is 4.73 Å². The molecule has 0 aliphatic heterocycles. The minimum Gasteiger partial charge on any atom is -0.413 e. The molecule has 0 aliphatic rings. The Morgan fingerprint density at radius 3 is 3.25 bits per heavy atom. The maximum absolute atomic E-state index is 5.73. The van der Waals surface area contributed by atoms with Crippen molar-refractivity contribution in [1.82, 2.24) is 9.71 Å². The first-order valence-electron chi connectivity index (χ1n) is 3.90. The molecule has 4 heteroatoms. The van der Waals surface area contributed by atoms with E-state index in [2.05, 4.69) is 4.98 Å². The summed E-state index contributed by atoms with van der Waals surface area (Å²) >= 11 is 0. The van der Waals surface area contributed by atoms with Gasteiger partial charge >= 0.3 is 0 Å². The van der Waals surface area contributed by atoms with Crippen LogP contribution in [0.1, 0.15) is 6.92 Å². The fraction of sp³-hybridized carbons (Fsp3) is 0.250. The van der Waals surface area contributed by atoms with E-state index < -0.39 is 0 Å². The van der Waals surface area contributed by atoms with Crippen molar-refractivity contribution in [2.75, 3.05) is 12.3 Å². The van der Waals surface area contributed by atoms with Crippen LogP contribution >= 0.6 is 0 Å². The van der Waals surface area contributed by atoms with Gasteiger partial charge in [0.05, 0.1) is 11.9 Å². The Kier molecular flexibility index (Phi) is 1.46. The van der Waals surface area contributed by atoms with Crippen LogP contribution in [-0.2, 0) is 0 Å². The molecule has 0 saturated heterocycles. The molecule has 2 aromatic heterocycles. The molecule has 2 heterocycles. The second-order valence-electron chi connectivity index (χ2n) is 2.57. The summed E-state index contributed by atoms with van der Waals surface area (Å²) in [6.45, 7) is 2.56. The Labute approximate surface area is 69.9 Å². The summed E-state index contributed by atoms with van der Waals surface area (Å²) in [6.07, 6.45) is 3.61. The average Bonchev–Trinajstić information content (AvgIpc) is 2.58. The Balaban J connectivity index is 2.59. The monoisotopic (exact) mass is 165 g/mol. The van der Waals surface area contributed by atoms with Crippen LogP contribution in [0.3, 0.4) is 0 Å². The van der Waals surface area contributed by atoms with Crippen molar-refractivity contribution in [3.63, 3.8) is 0 Å². The highest BCUT2D eigenvalue weighted by Crippen LogP contribution is 2.20. The Morgan fingerprint density at radius 1 is 1.67 bits per heavy atom. The highest BCUT2D eigenvalue weighted by molar-refractivity contribution is 5.89. The van der Waals surface area contributed by atoms with Crippen LogP contribution in [0.4, 0.5) is 5.69 Å². The van der Waals surface area contributed by atoms with E-state index in [1.54, 1.807) is 10.9 Å². The van der Waals surface area contributed by atoms with Crippen molar-refractivity contribution in [3.05, 3.63) is 18.5 Å². The fourth-order valence-corrected chi connectivity index (χ4v) is 1.28. The highest BCUT2D eigenvalue weighted by atomic mass is 16.7. The van der Waals surface area contributed by atoms with Crippen molar-refractivity contribution in [1.29, 1.82) is 0 Å². The third-order valence-electron chi connectivity index (χ3n) is 1.78. The summed E-state index contributed by atoms with van der Waals surface area (Å²) < 4.78 is 1.66. The molecule has 0 bridgehead atoms. The maximum Gasteiger partial charge on any atom is 0.155 e. The van der Waals surface area contributed by atoms with Gasteiger partial charge in [0.15, 0.2) is 5.65 Å². The quantitative estimate of drug-likeness (QED) is 0.697. The van der Waals surface area contributed by atoms with Gasteiger partial charge in [-0.1, -0.05) is 0 Å². The van der Waals surface area contributed by atoms with Crippen LogP contribution in [0.5, 0.6) is 0 Å². The number of aromatic amines is 1. The van der Waals surface area contributed by atoms with Gasteiger partial charge in [-0.05, 0) is 13.0 Å². The number of nitrogens with one attached hydrogen (secondary N) is 1. The lowest BCUT2D eigenvalue weighted by atomic mass is 10.4. The molecular weight excluding hydrogens is 154 g/mol. The Hall–Kier alpha value is -1.58. The van der Waals surface area contributed by atoms with E-state index in [1.807, 2.05) is 19.2 Å². The molecule has 0 saturated carbocycles. The standard InChI is InChI=1S/C8H11N3O/c1-2-12-11-5-7(9)6-3-4-10-8(6)11/h3-5,10H,2,9H2,1H3. The molecule has 0 amide bonds. The molecule has 0 aromatic carbocycles. The second kappa shape index (κ2) is 2.48. The van der Waals surface area contributed by atoms with Gasteiger partial charge in [-0.15, -0.1) is 0 Å². The van der Waals surface area contributed by atoms with Crippen LogP contribution in [0.15, 0.2) is 18.5 Å². The predicted molar refractivity (Wildman–Crippen MR) is 47.8 cm³/mol. The van der Waals surface area contributed by atoms with Gasteiger partial charge in [0, 0.05) is 11.6 Å². The predicted octanol–water partition coefficient (Wildman–Crippen LogP) is 1.00. The number of aromatic nitrogens is 2. The molecule has 12 heavy (non-hydrogen) atoms. The van der Waals surface area contributed by atoms with Gasteiger partial charge in [0.25, 0.3) is 0 Å². The van der Waals surface area contributed by atoms with Crippen molar-refractivity contribution in [3.8, 4) is 0 Å². The number of hydrogen-bond donors (Lipinski definition) is 2. The molecule has 0 unspecified atom stereocenters. The van der Waals surface area contributed by atoms with E-state index >= 15 is 0 Å². The smallest absolute Gasteiger partial charge is 0.155 e. The molecule has 0 radical (unpaired) electrons. The zero-order valence-corrected chi connectivity index (χ0v) is 6.87. The Morgan fingerprint density at radius 2 is 2.50 bits per heavy atom. The van der Waals surface area contributed by atoms with E-state index in [9.17, 15) is 0 Å². The molecule has 0 aliphatic carbocycles. The number of rotatable bonds is 2. The number of hydrogen-bond acceptors (Lipinski definition) is 2. The molecule has 0 spiro atoms. The molecular formula is C8H11N3O. The zero-order chi connectivity index (χ0) is 8.55. The Bertz CT molecular complexity index is 388. The van der Waals surface area contributed by atoms with Gasteiger partial charge in [0.2, 0.25) is 0 Å². The fourth-order valence-electron chi connectivity index (χ4n) is 1.28. The lowest BCUT2D eigenvalue weighted by Gasteiger charge is -2.02. The topological polar surface area (TPSA) is 56.0 Å². The van der Waals surface area contributed by atoms with E-state index in [0.29, 0.717) is 6.61 Å². The van der Waals surface area contributed by atoms with Crippen LogP contribution < -0.4 is 10.6 Å². The van der Waals surface area contributed by atoms with E-state index in [0.717, 1.165) is 16.7 Å². The molecule has 0 fully saturated rings. The number of H-pyrrole nitrogens is 1. The summed E-state index contributed by atoms with van der Waals surface area (Å²) in [7, 11) is 0. The second-order valence-corrected chi connectivity index (χ2v) is 2.57. The van der Waals surface area contributed by atoms with E-state index in [-0.39, 0.29) is 0 Å². The van der Waals surface area contributed by atoms with Crippen LogP contribution in [0.2, 0.25) is 0 Å². The molecule has 2 aromatic rings. The summed E-state index contributed by atoms with van der Waals surface area (Å²) in [5, 5.41) is 1.00. The number of nitrogen functional groups attached to an aromatic ring is 1. The molecule has 4 nitrogen and oxygen atoms in total. The highest BCUT2D eigenvalue weighted by Gasteiger charge is 2.05. The van der Waals surface area contributed by atoms with Crippen LogP contribution in [0.25, 0.3) is 11.0 Å². The summed E-state index contributed by atoms with van der Waals surface area (Å²) in [5.74, 6) is 0. The zero-order valence-electron chi connectivity index (χ0n) is 6.87. The van der Waals surface area contributed by atoms with Crippen molar-refractivity contribution < 1.29 is 4.84 Å². The van der Waals surface area contributed by atoms with Crippen LogP contribution in [-0.4, -0.2) is 16.3 Å². The first kappa shape index (κ1) is 7.09. The molecule has 64 valence electrons. The summed E-state index contributed by atoms with van der Waals surface area (Å²) in [6, 6.07) is 1.93. The minimum absolute atomic E-state index is 0.627. The molecule has 0 atom stereocenters. The lowest BCUT2D eigenvalue weighted by molar-refractivity contribution is 0.131. The normalized spacial score (nSPS) is 10.8. The van der Waals surface area contributed by atoms with Crippen LogP contribution in [0, 0.1) is 0 Å². The molecule has 2 rings (SSSR count). The van der Waals surface area contributed by atoms with E-state index in [4.69, 9.17) is 10.6 Å². The summed E-state index contributed by atoms with van der Waals surface area (Å²) in [4.78, 5) is 8.36. The van der Waals surface area contributed by atoms with E-state index in [1.165, 1.54) is 0 Å². The van der Waals surface area contributed by atoms with Gasteiger partial charge in [-0.3, -0.25) is 0 Å². The lowest BCUT2D eigenvalue weighted by Crippen LogP contribution is -2.08. The van der Waals surface area contributed by atoms with Crippen molar-refractivity contribution >= 4 is 16.7 Å².